The minimum atomic E-state index is 0.337. The number of carbonyl (C=O) groups excluding carboxylic acids is 1. The molecule has 1 amide bonds. The van der Waals surface area contributed by atoms with E-state index in [1.54, 1.807) is 0 Å². The van der Waals surface area contributed by atoms with Gasteiger partial charge in [-0.1, -0.05) is 13.3 Å². The van der Waals surface area contributed by atoms with Gasteiger partial charge in [0.1, 0.15) is 0 Å². The number of piperidine rings is 1. The average molecular weight is 224 g/mol. The van der Waals surface area contributed by atoms with Crippen molar-refractivity contribution in [3.05, 3.63) is 0 Å². The van der Waals surface area contributed by atoms with E-state index >= 15 is 0 Å². The van der Waals surface area contributed by atoms with Gasteiger partial charge in [-0.2, -0.15) is 0 Å². The Labute approximate surface area is 98.4 Å². The number of amides is 1. The molecule has 0 aromatic heterocycles. The van der Waals surface area contributed by atoms with E-state index in [4.69, 9.17) is 5.73 Å². The number of nitrogens with two attached hydrogens (primary N) is 1. The molecular formula is C13H24N2O. The molecule has 2 N–H and O–H groups in total. The standard InChI is InChI=1S/C13H24N2O/c1-2-4-12(16)15-9-7-13(8-10-15)6-3-5-11(13)14/h11H,2-10,14H2,1H3. The smallest absolute Gasteiger partial charge is 0.222 e. The van der Waals surface area contributed by atoms with Gasteiger partial charge in [-0.25, -0.2) is 0 Å². The minimum Gasteiger partial charge on any atom is -0.343 e. The minimum absolute atomic E-state index is 0.337. The van der Waals surface area contributed by atoms with Gasteiger partial charge in [-0.3, -0.25) is 4.79 Å². The highest BCUT2D eigenvalue weighted by Crippen LogP contribution is 2.45. The summed E-state index contributed by atoms with van der Waals surface area (Å²) < 4.78 is 0. The summed E-state index contributed by atoms with van der Waals surface area (Å²) in [6, 6.07) is 0.385. The Morgan fingerprint density at radius 3 is 2.56 bits per heavy atom. The van der Waals surface area contributed by atoms with E-state index in [1.165, 1.54) is 19.3 Å². The first-order valence-corrected chi connectivity index (χ1v) is 6.71. The first-order chi connectivity index (χ1) is 7.68. The lowest BCUT2D eigenvalue weighted by Gasteiger charge is -2.42. The fourth-order valence-corrected chi connectivity index (χ4v) is 3.36. The Bertz CT molecular complexity index is 257. The van der Waals surface area contributed by atoms with Crippen molar-refractivity contribution in [2.24, 2.45) is 11.1 Å². The van der Waals surface area contributed by atoms with E-state index < -0.39 is 0 Å². The molecule has 3 nitrogen and oxygen atoms in total. The molecule has 2 fully saturated rings. The molecule has 0 radical (unpaired) electrons. The number of hydrogen-bond donors (Lipinski definition) is 1. The number of likely N-dealkylation sites (tertiary alicyclic amines) is 1. The molecular weight excluding hydrogens is 200 g/mol. The zero-order valence-electron chi connectivity index (χ0n) is 10.4. The van der Waals surface area contributed by atoms with Crippen LogP contribution in [0.2, 0.25) is 0 Å². The maximum Gasteiger partial charge on any atom is 0.222 e. The van der Waals surface area contributed by atoms with Crippen LogP contribution in [0.4, 0.5) is 0 Å². The highest BCUT2D eigenvalue weighted by Gasteiger charge is 2.43. The molecule has 1 atom stereocenters. The summed E-state index contributed by atoms with van der Waals surface area (Å²) in [5.41, 5.74) is 6.60. The van der Waals surface area contributed by atoms with Crippen molar-refractivity contribution in [1.82, 2.24) is 4.90 Å². The van der Waals surface area contributed by atoms with Gasteiger partial charge in [-0.05, 0) is 37.5 Å². The molecule has 1 saturated carbocycles. The van der Waals surface area contributed by atoms with Crippen molar-refractivity contribution in [2.75, 3.05) is 13.1 Å². The molecule has 2 rings (SSSR count). The first kappa shape index (κ1) is 11.9. The summed E-state index contributed by atoms with van der Waals surface area (Å²) in [6.45, 7) is 3.94. The van der Waals surface area contributed by atoms with Crippen molar-refractivity contribution in [3.63, 3.8) is 0 Å². The quantitative estimate of drug-likeness (QED) is 0.778. The van der Waals surface area contributed by atoms with Crippen LogP contribution in [0.3, 0.4) is 0 Å². The van der Waals surface area contributed by atoms with Crippen LogP contribution in [0.5, 0.6) is 0 Å². The van der Waals surface area contributed by atoms with Crippen LogP contribution in [-0.2, 0) is 4.79 Å². The Morgan fingerprint density at radius 1 is 1.38 bits per heavy atom. The van der Waals surface area contributed by atoms with Gasteiger partial charge in [0.25, 0.3) is 0 Å². The molecule has 1 spiro atoms. The van der Waals surface area contributed by atoms with Gasteiger partial charge >= 0.3 is 0 Å². The predicted octanol–water partition coefficient (Wildman–Crippen LogP) is 1.91. The van der Waals surface area contributed by atoms with Gasteiger partial charge in [0.05, 0.1) is 0 Å². The summed E-state index contributed by atoms with van der Waals surface area (Å²) in [6.07, 6.45) is 7.67. The monoisotopic (exact) mass is 224 g/mol. The molecule has 1 saturated heterocycles. The van der Waals surface area contributed by atoms with Crippen LogP contribution in [0, 0.1) is 5.41 Å². The normalized spacial score (nSPS) is 28.6. The lowest BCUT2D eigenvalue weighted by molar-refractivity contribution is -0.133. The molecule has 1 unspecified atom stereocenters. The molecule has 16 heavy (non-hydrogen) atoms. The second-order valence-corrected chi connectivity index (χ2v) is 5.49. The van der Waals surface area contributed by atoms with Crippen LogP contribution in [-0.4, -0.2) is 29.9 Å². The van der Waals surface area contributed by atoms with Crippen LogP contribution in [0.25, 0.3) is 0 Å². The Balaban J connectivity index is 1.89. The Morgan fingerprint density at radius 2 is 2.06 bits per heavy atom. The Hall–Kier alpha value is -0.570. The molecule has 2 aliphatic rings. The van der Waals surface area contributed by atoms with Crippen molar-refractivity contribution in [2.45, 2.75) is 57.9 Å². The third kappa shape index (κ3) is 2.10. The average Bonchev–Trinajstić information content (AvgIpc) is 2.62. The van der Waals surface area contributed by atoms with E-state index in [0.717, 1.165) is 32.4 Å². The number of nitrogens with zero attached hydrogens (tertiary/aromatic N) is 1. The topological polar surface area (TPSA) is 46.3 Å². The summed E-state index contributed by atoms with van der Waals surface area (Å²) in [5, 5.41) is 0. The third-order valence-electron chi connectivity index (χ3n) is 4.55. The predicted molar refractivity (Wildman–Crippen MR) is 65.0 cm³/mol. The van der Waals surface area contributed by atoms with E-state index in [9.17, 15) is 4.79 Å². The maximum atomic E-state index is 11.8. The molecule has 3 heteroatoms. The van der Waals surface area contributed by atoms with Gasteiger partial charge < -0.3 is 10.6 Å². The summed E-state index contributed by atoms with van der Waals surface area (Å²) >= 11 is 0. The van der Waals surface area contributed by atoms with Crippen LogP contribution in [0.15, 0.2) is 0 Å². The largest absolute Gasteiger partial charge is 0.343 e. The van der Waals surface area contributed by atoms with Crippen molar-refractivity contribution in [3.8, 4) is 0 Å². The lowest BCUT2D eigenvalue weighted by atomic mass is 9.74. The van der Waals surface area contributed by atoms with Gasteiger partial charge in [0, 0.05) is 25.6 Å². The lowest BCUT2D eigenvalue weighted by Crippen LogP contribution is -2.48. The zero-order chi connectivity index (χ0) is 11.6. The fourth-order valence-electron chi connectivity index (χ4n) is 3.36. The highest BCUT2D eigenvalue weighted by atomic mass is 16.2. The molecule has 1 heterocycles. The van der Waals surface area contributed by atoms with E-state index in [2.05, 4.69) is 6.92 Å². The van der Waals surface area contributed by atoms with Gasteiger partial charge in [-0.15, -0.1) is 0 Å². The number of hydrogen-bond acceptors (Lipinski definition) is 2. The van der Waals surface area contributed by atoms with Crippen LogP contribution in [0.1, 0.15) is 51.9 Å². The van der Waals surface area contributed by atoms with Gasteiger partial charge in [0.15, 0.2) is 0 Å². The third-order valence-corrected chi connectivity index (χ3v) is 4.55. The molecule has 1 aliphatic heterocycles. The number of rotatable bonds is 2. The molecule has 0 aromatic rings. The maximum absolute atomic E-state index is 11.8. The second kappa shape index (κ2) is 4.74. The fraction of sp³-hybridized carbons (Fsp3) is 0.923. The molecule has 1 aliphatic carbocycles. The van der Waals surface area contributed by atoms with Gasteiger partial charge in [0.2, 0.25) is 5.91 Å². The summed E-state index contributed by atoms with van der Waals surface area (Å²) in [5.74, 6) is 0.337. The highest BCUT2D eigenvalue weighted by molar-refractivity contribution is 5.76. The van der Waals surface area contributed by atoms with E-state index in [0.29, 0.717) is 23.8 Å². The van der Waals surface area contributed by atoms with Crippen molar-refractivity contribution < 1.29 is 4.79 Å². The van der Waals surface area contributed by atoms with Crippen molar-refractivity contribution in [1.29, 1.82) is 0 Å². The Kier molecular flexibility index (Phi) is 3.53. The van der Waals surface area contributed by atoms with Crippen LogP contribution >= 0.6 is 0 Å². The number of carbonyl (C=O) groups is 1. The molecule has 92 valence electrons. The van der Waals surface area contributed by atoms with E-state index in [1.807, 2.05) is 4.90 Å². The van der Waals surface area contributed by atoms with Crippen LogP contribution < -0.4 is 5.73 Å². The first-order valence-electron chi connectivity index (χ1n) is 6.71. The molecule has 0 aromatic carbocycles. The second-order valence-electron chi connectivity index (χ2n) is 5.49. The van der Waals surface area contributed by atoms with E-state index in [-0.39, 0.29) is 0 Å². The summed E-state index contributed by atoms with van der Waals surface area (Å²) in [4.78, 5) is 13.8. The molecule has 0 bridgehead atoms. The SMILES string of the molecule is CCCC(=O)N1CCC2(CCCC2N)CC1. The van der Waals surface area contributed by atoms with Crippen molar-refractivity contribution >= 4 is 5.91 Å². The zero-order valence-corrected chi connectivity index (χ0v) is 10.4. The summed E-state index contributed by atoms with van der Waals surface area (Å²) in [7, 11) is 0.